The highest BCUT2D eigenvalue weighted by Crippen LogP contribution is 2.28. The van der Waals surface area contributed by atoms with Gasteiger partial charge in [-0.25, -0.2) is 0 Å². The van der Waals surface area contributed by atoms with Crippen LogP contribution >= 0.6 is 23.4 Å². The van der Waals surface area contributed by atoms with Gasteiger partial charge in [0.15, 0.2) is 6.23 Å². The van der Waals surface area contributed by atoms with E-state index in [1.54, 1.807) is 0 Å². The fraction of sp³-hybridized carbons (Fsp3) is 0.600. The Bertz CT molecular complexity index is 407. The number of hydrogen-bond donors (Lipinski definition) is 0. The van der Waals surface area contributed by atoms with E-state index in [0.29, 0.717) is 0 Å². The lowest BCUT2D eigenvalue weighted by Crippen LogP contribution is -2.39. The molecule has 2 rings (SSSR count). The molecule has 0 saturated carbocycles. The van der Waals surface area contributed by atoms with Gasteiger partial charge in [-0.15, -0.1) is 0 Å². The van der Waals surface area contributed by atoms with Crippen molar-refractivity contribution >= 4 is 23.4 Å². The summed E-state index contributed by atoms with van der Waals surface area (Å²) in [4.78, 5) is 2.45. The first-order chi connectivity index (χ1) is 9.22. The van der Waals surface area contributed by atoms with Crippen LogP contribution < -0.4 is 4.74 Å². The molecule has 0 radical (unpaired) electrons. The normalized spacial score (nSPS) is 17.6. The van der Waals surface area contributed by atoms with E-state index in [2.05, 4.69) is 11.8 Å². The van der Waals surface area contributed by atoms with E-state index in [4.69, 9.17) is 16.3 Å². The third kappa shape index (κ3) is 4.04. The average molecular weight is 300 g/mol. The molecule has 1 aliphatic heterocycles. The van der Waals surface area contributed by atoms with E-state index < -0.39 is 0 Å². The molecule has 1 aromatic rings. The van der Waals surface area contributed by atoms with Crippen LogP contribution in [-0.2, 0) is 0 Å². The van der Waals surface area contributed by atoms with Gasteiger partial charge in [-0.3, -0.25) is 4.90 Å². The summed E-state index contributed by atoms with van der Waals surface area (Å²) in [7, 11) is 0. The number of hydrogen-bond acceptors (Lipinski definition) is 3. The van der Waals surface area contributed by atoms with Gasteiger partial charge in [0.05, 0.1) is 0 Å². The molecule has 1 heterocycles. The zero-order valence-corrected chi connectivity index (χ0v) is 13.3. The second-order valence-electron chi connectivity index (χ2n) is 4.84. The van der Waals surface area contributed by atoms with Crippen LogP contribution in [-0.4, -0.2) is 35.7 Å². The summed E-state index contributed by atoms with van der Waals surface area (Å²) in [5.74, 6) is 3.06. The predicted octanol–water partition coefficient (Wildman–Crippen LogP) is 4.20. The van der Waals surface area contributed by atoms with Gasteiger partial charge >= 0.3 is 0 Å². The number of nitrogens with zero attached hydrogens (tertiary/aromatic N) is 1. The lowest BCUT2D eigenvalue weighted by Gasteiger charge is -2.28. The third-order valence-electron chi connectivity index (χ3n) is 3.49. The fourth-order valence-electron chi connectivity index (χ4n) is 2.32. The van der Waals surface area contributed by atoms with Crippen LogP contribution in [0.5, 0.6) is 5.75 Å². The van der Waals surface area contributed by atoms with Gasteiger partial charge in [0, 0.05) is 29.4 Å². The third-order valence-corrected chi connectivity index (χ3v) is 4.83. The average Bonchev–Trinajstić information content (AvgIpc) is 2.93. The van der Waals surface area contributed by atoms with Gasteiger partial charge in [-0.05, 0) is 37.7 Å². The predicted molar refractivity (Wildman–Crippen MR) is 84.4 cm³/mol. The molecule has 0 N–H and O–H groups in total. The first kappa shape index (κ1) is 15.0. The van der Waals surface area contributed by atoms with E-state index in [0.717, 1.165) is 40.9 Å². The molecule has 4 heteroatoms. The van der Waals surface area contributed by atoms with Crippen LogP contribution in [0.3, 0.4) is 0 Å². The van der Waals surface area contributed by atoms with E-state index in [1.807, 2.05) is 36.9 Å². The standard InChI is InChI=1S/C15H22ClNOS/c1-3-19-11-15(17-9-4-5-10-17)18-14-8-6-7-13(16)12(14)2/h6-8,15H,3-5,9-11H2,1-2H3. The minimum atomic E-state index is 0.171. The highest BCUT2D eigenvalue weighted by Gasteiger charge is 2.23. The topological polar surface area (TPSA) is 12.5 Å². The Morgan fingerprint density at radius 3 is 2.79 bits per heavy atom. The number of benzene rings is 1. The molecule has 1 atom stereocenters. The first-order valence-corrected chi connectivity index (χ1v) is 8.49. The Morgan fingerprint density at radius 1 is 1.37 bits per heavy atom. The lowest BCUT2D eigenvalue weighted by molar-refractivity contribution is 0.0626. The van der Waals surface area contributed by atoms with Gasteiger partial charge in [0.1, 0.15) is 5.75 Å². The molecule has 106 valence electrons. The maximum atomic E-state index is 6.23. The second kappa shape index (κ2) is 7.41. The molecular weight excluding hydrogens is 278 g/mol. The summed E-state index contributed by atoms with van der Waals surface area (Å²) in [6.07, 6.45) is 2.74. The van der Waals surface area contributed by atoms with Crippen molar-refractivity contribution in [3.8, 4) is 5.75 Å². The zero-order valence-electron chi connectivity index (χ0n) is 11.7. The monoisotopic (exact) mass is 299 g/mol. The van der Waals surface area contributed by atoms with E-state index in [1.165, 1.54) is 12.8 Å². The Labute approximate surface area is 125 Å². The molecule has 1 saturated heterocycles. The summed E-state index contributed by atoms with van der Waals surface area (Å²) >= 11 is 8.10. The van der Waals surface area contributed by atoms with Crippen LogP contribution in [0.25, 0.3) is 0 Å². The van der Waals surface area contributed by atoms with Gasteiger partial charge in [-0.2, -0.15) is 11.8 Å². The molecule has 0 spiro atoms. The van der Waals surface area contributed by atoms with Gasteiger partial charge in [-0.1, -0.05) is 24.6 Å². The van der Waals surface area contributed by atoms with Crippen molar-refractivity contribution in [3.05, 3.63) is 28.8 Å². The van der Waals surface area contributed by atoms with Crippen molar-refractivity contribution < 1.29 is 4.74 Å². The summed E-state index contributed by atoms with van der Waals surface area (Å²) in [5, 5.41) is 0.779. The van der Waals surface area contributed by atoms with E-state index >= 15 is 0 Å². The summed E-state index contributed by atoms with van der Waals surface area (Å²) < 4.78 is 6.23. The molecule has 0 aliphatic carbocycles. The zero-order chi connectivity index (χ0) is 13.7. The second-order valence-corrected chi connectivity index (χ2v) is 6.56. The quantitative estimate of drug-likeness (QED) is 0.781. The van der Waals surface area contributed by atoms with Crippen LogP contribution in [0.2, 0.25) is 5.02 Å². The number of rotatable bonds is 6. The molecule has 0 aromatic heterocycles. The number of halogens is 1. The van der Waals surface area contributed by atoms with Gasteiger partial charge < -0.3 is 4.74 Å². The van der Waals surface area contributed by atoms with E-state index in [9.17, 15) is 0 Å². The van der Waals surface area contributed by atoms with Gasteiger partial charge in [0.25, 0.3) is 0 Å². The largest absolute Gasteiger partial charge is 0.474 e. The molecule has 19 heavy (non-hydrogen) atoms. The molecule has 1 aliphatic rings. The molecule has 0 bridgehead atoms. The summed E-state index contributed by atoms with van der Waals surface area (Å²) in [6.45, 7) is 6.51. The molecule has 1 fully saturated rings. The first-order valence-electron chi connectivity index (χ1n) is 6.96. The Kier molecular flexibility index (Phi) is 5.86. The van der Waals surface area contributed by atoms with Crippen molar-refractivity contribution in [2.75, 3.05) is 24.6 Å². The highest BCUT2D eigenvalue weighted by atomic mass is 35.5. The summed E-state index contributed by atoms with van der Waals surface area (Å²) in [5.41, 5.74) is 1.04. The minimum absolute atomic E-state index is 0.171. The maximum Gasteiger partial charge on any atom is 0.161 e. The molecule has 0 amide bonds. The smallest absolute Gasteiger partial charge is 0.161 e. The molecule has 2 nitrogen and oxygen atoms in total. The van der Waals surface area contributed by atoms with Crippen molar-refractivity contribution in [1.82, 2.24) is 4.90 Å². The van der Waals surface area contributed by atoms with Crippen LogP contribution in [0.1, 0.15) is 25.3 Å². The number of thioether (sulfide) groups is 1. The lowest BCUT2D eigenvalue weighted by atomic mass is 10.2. The van der Waals surface area contributed by atoms with Crippen LogP contribution in [0.4, 0.5) is 0 Å². The Morgan fingerprint density at radius 2 is 2.11 bits per heavy atom. The van der Waals surface area contributed by atoms with E-state index in [-0.39, 0.29) is 6.23 Å². The Balaban J connectivity index is 2.07. The highest BCUT2D eigenvalue weighted by molar-refractivity contribution is 7.99. The van der Waals surface area contributed by atoms with Crippen LogP contribution in [0.15, 0.2) is 18.2 Å². The van der Waals surface area contributed by atoms with Crippen molar-refractivity contribution in [2.45, 2.75) is 32.9 Å². The summed E-state index contributed by atoms with van der Waals surface area (Å²) in [6, 6.07) is 5.88. The van der Waals surface area contributed by atoms with Crippen molar-refractivity contribution in [1.29, 1.82) is 0 Å². The molecular formula is C15H22ClNOS. The van der Waals surface area contributed by atoms with Gasteiger partial charge in [0.2, 0.25) is 0 Å². The number of ether oxygens (including phenoxy) is 1. The Hall–Kier alpha value is -0.380. The van der Waals surface area contributed by atoms with Crippen molar-refractivity contribution in [3.63, 3.8) is 0 Å². The fourth-order valence-corrected chi connectivity index (χ4v) is 3.21. The maximum absolute atomic E-state index is 6.23. The number of likely N-dealkylation sites (tertiary alicyclic amines) is 1. The van der Waals surface area contributed by atoms with Crippen molar-refractivity contribution in [2.24, 2.45) is 0 Å². The SMILES string of the molecule is CCSCC(Oc1cccc(Cl)c1C)N1CCCC1. The van der Waals surface area contributed by atoms with Crippen LogP contribution in [0, 0.1) is 6.92 Å². The molecule has 1 unspecified atom stereocenters. The molecule has 1 aromatic carbocycles. The minimum Gasteiger partial charge on any atom is -0.474 e.